The first-order valence-corrected chi connectivity index (χ1v) is 7.37. The van der Waals surface area contributed by atoms with E-state index in [-0.39, 0.29) is 6.04 Å². The van der Waals surface area contributed by atoms with Crippen LogP contribution in [0, 0.1) is 11.8 Å². The van der Waals surface area contributed by atoms with Crippen molar-refractivity contribution in [1.82, 2.24) is 9.78 Å². The second kappa shape index (κ2) is 5.62. The van der Waals surface area contributed by atoms with Crippen molar-refractivity contribution in [1.29, 1.82) is 0 Å². The Morgan fingerprint density at radius 1 is 1.44 bits per heavy atom. The molecule has 2 rings (SSSR count). The lowest BCUT2D eigenvalue weighted by atomic mass is 9.78. The normalized spacial score (nSPS) is 26.6. The number of aromatic nitrogens is 2. The van der Waals surface area contributed by atoms with Crippen LogP contribution in [0.5, 0.6) is 0 Å². The van der Waals surface area contributed by atoms with Crippen molar-refractivity contribution in [3.8, 4) is 0 Å². The Morgan fingerprint density at radius 3 is 2.78 bits per heavy atom. The zero-order valence-corrected chi connectivity index (χ0v) is 12.3. The molecule has 1 aliphatic carbocycles. The van der Waals surface area contributed by atoms with E-state index >= 15 is 0 Å². The SMILES string of the molecule is CC1CCCC(C(N)c2c(Cl)cnn2C(C)C)C1. The highest BCUT2D eigenvalue weighted by Gasteiger charge is 2.29. The zero-order chi connectivity index (χ0) is 13.3. The zero-order valence-electron chi connectivity index (χ0n) is 11.6. The van der Waals surface area contributed by atoms with Crippen LogP contribution in [0.1, 0.15) is 64.2 Å². The summed E-state index contributed by atoms with van der Waals surface area (Å²) >= 11 is 6.28. The van der Waals surface area contributed by atoms with E-state index in [2.05, 4.69) is 25.9 Å². The van der Waals surface area contributed by atoms with E-state index in [1.54, 1.807) is 6.20 Å². The van der Waals surface area contributed by atoms with Crippen molar-refractivity contribution in [3.63, 3.8) is 0 Å². The lowest BCUT2D eigenvalue weighted by Crippen LogP contribution is -2.29. The van der Waals surface area contributed by atoms with Gasteiger partial charge in [0.15, 0.2) is 0 Å². The quantitative estimate of drug-likeness (QED) is 0.903. The predicted molar refractivity (Wildman–Crippen MR) is 75.7 cm³/mol. The van der Waals surface area contributed by atoms with E-state index in [9.17, 15) is 0 Å². The third kappa shape index (κ3) is 2.72. The standard InChI is InChI=1S/C14H24ClN3/c1-9(2)18-14(12(15)8-17-18)13(16)11-6-4-5-10(3)7-11/h8-11,13H,4-7,16H2,1-3H3. The lowest BCUT2D eigenvalue weighted by molar-refractivity contribution is 0.240. The first-order chi connectivity index (χ1) is 8.50. The molecule has 0 aliphatic heterocycles. The Bertz CT molecular complexity index is 400. The fourth-order valence-corrected chi connectivity index (χ4v) is 3.36. The van der Waals surface area contributed by atoms with Crippen LogP contribution in [-0.2, 0) is 0 Å². The highest BCUT2D eigenvalue weighted by molar-refractivity contribution is 6.31. The van der Waals surface area contributed by atoms with E-state index in [1.165, 1.54) is 25.7 Å². The summed E-state index contributed by atoms with van der Waals surface area (Å²) in [6.45, 7) is 6.55. The van der Waals surface area contributed by atoms with Gasteiger partial charge in [-0.15, -0.1) is 0 Å². The molecule has 1 fully saturated rings. The Morgan fingerprint density at radius 2 is 2.17 bits per heavy atom. The molecule has 0 bridgehead atoms. The number of rotatable bonds is 3. The van der Waals surface area contributed by atoms with Gasteiger partial charge in [-0.05, 0) is 38.5 Å². The van der Waals surface area contributed by atoms with Crippen molar-refractivity contribution in [2.45, 2.75) is 58.5 Å². The number of nitrogens with two attached hydrogens (primary N) is 1. The van der Waals surface area contributed by atoms with Crippen LogP contribution in [0.2, 0.25) is 5.02 Å². The number of hydrogen-bond donors (Lipinski definition) is 1. The van der Waals surface area contributed by atoms with Crippen LogP contribution >= 0.6 is 11.6 Å². The molecular weight excluding hydrogens is 246 g/mol. The minimum absolute atomic E-state index is 0.0187. The minimum atomic E-state index is 0.0187. The van der Waals surface area contributed by atoms with Crippen LogP contribution in [0.4, 0.5) is 0 Å². The summed E-state index contributed by atoms with van der Waals surface area (Å²) in [4.78, 5) is 0. The van der Waals surface area contributed by atoms with Gasteiger partial charge in [0.1, 0.15) is 0 Å². The molecule has 1 aromatic rings. The van der Waals surface area contributed by atoms with Crippen molar-refractivity contribution in [2.24, 2.45) is 17.6 Å². The Labute approximate surface area is 115 Å². The molecule has 18 heavy (non-hydrogen) atoms. The molecule has 3 unspecified atom stereocenters. The topological polar surface area (TPSA) is 43.8 Å². The van der Waals surface area contributed by atoms with Gasteiger partial charge in [0, 0.05) is 6.04 Å². The van der Waals surface area contributed by atoms with Gasteiger partial charge in [0.25, 0.3) is 0 Å². The van der Waals surface area contributed by atoms with Gasteiger partial charge in [-0.2, -0.15) is 5.10 Å². The first-order valence-electron chi connectivity index (χ1n) is 6.99. The molecule has 0 spiro atoms. The first kappa shape index (κ1) is 13.9. The van der Waals surface area contributed by atoms with Crippen LogP contribution in [0.25, 0.3) is 0 Å². The highest BCUT2D eigenvalue weighted by Crippen LogP contribution is 2.38. The van der Waals surface area contributed by atoms with Gasteiger partial charge in [-0.25, -0.2) is 0 Å². The van der Waals surface area contributed by atoms with Gasteiger partial charge in [-0.3, -0.25) is 4.68 Å². The molecule has 0 saturated heterocycles. The minimum Gasteiger partial charge on any atom is -0.322 e. The fourth-order valence-electron chi connectivity index (χ4n) is 3.10. The molecule has 4 heteroatoms. The summed E-state index contributed by atoms with van der Waals surface area (Å²) in [5.74, 6) is 1.32. The van der Waals surface area contributed by atoms with Crippen molar-refractivity contribution >= 4 is 11.6 Å². The summed E-state index contributed by atoms with van der Waals surface area (Å²) in [7, 11) is 0. The van der Waals surface area contributed by atoms with E-state index in [0.717, 1.165) is 16.6 Å². The van der Waals surface area contributed by atoms with Gasteiger partial charge in [0.2, 0.25) is 0 Å². The average Bonchev–Trinajstić information content (AvgIpc) is 2.70. The monoisotopic (exact) mass is 269 g/mol. The number of nitrogens with zero attached hydrogens (tertiary/aromatic N) is 2. The maximum atomic E-state index is 6.47. The van der Waals surface area contributed by atoms with Gasteiger partial charge in [-0.1, -0.05) is 31.4 Å². The average molecular weight is 270 g/mol. The molecular formula is C14H24ClN3. The molecule has 2 N–H and O–H groups in total. The summed E-state index contributed by atoms with van der Waals surface area (Å²) in [6.07, 6.45) is 6.77. The molecule has 3 nitrogen and oxygen atoms in total. The Balaban J connectivity index is 2.22. The van der Waals surface area contributed by atoms with Crippen LogP contribution in [0.15, 0.2) is 6.20 Å². The summed E-state index contributed by atoms with van der Waals surface area (Å²) < 4.78 is 1.98. The smallest absolute Gasteiger partial charge is 0.0834 e. The van der Waals surface area contributed by atoms with Crippen molar-refractivity contribution in [3.05, 3.63) is 16.9 Å². The van der Waals surface area contributed by atoms with E-state index in [1.807, 2.05) is 4.68 Å². The van der Waals surface area contributed by atoms with Crippen LogP contribution < -0.4 is 5.73 Å². The van der Waals surface area contributed by atoms with Gasteiger partial charge in [0.05, 0.1) is 23.0 Å². The van der Waals surface area contributed by atoms with Gasteiger partial charge >= 0.3 is 0 Å². The summed E-state index contributed by atoms with van der Waals surface area (Å²) in [5, 5.41) is 5.07. The second-order valence-corrected chi connectivity index (χ2v) is 6.38. The lowest BCUT2D eigenvalue weighted by Gasteiger charge is -2.32. The Hall–Kier alpha value is -0.540. The molecule has 1 heterocycles. The number of halogens is 1. The maximum Gasteiger partial charge on any atom is 0.0834 e. The third-order valence-electron chi connectivity index (χ3n) is 4.08. The maximum absolute atomic E-state index is 6.47. The molecule has 1 aromatic heterocycles. The largest absolute Gasteiger partial charge is 0.322 e. The van der Waals surface area contributed by atoms with E-state index < -0.39 is 0 Å². The second-order valence-electron chi connectivity index (χ2n) is 5.97. The van der Waals surface area contributed by atoms with Gasteiger partial charge < -0.3 is 5.73 Å². The molecule has 1 aliphatic rings. The van der Waals surface area contributed by atoms with E-state index in [0.29, 0.717) is 12.0 Å². The van der Waals surface area contributed by atoms with E-state index in [4.69, 9.17) is 17.3 Å². The Kier molecular flexibility index (Phi) is 4.33. The highest BCUT2D eigenvalue weighted by atomic mass is 35.5. The molecule has 0 radical (unpaired) electrons. The third-order valence-corrected chi connectivity index (χ3v) is 4.37. The summed E-state index contributed by atoms with van der Waals surface area (Å²) in [6, 6.07) is 0.324. The molecule has 102 valence electrons. The molecule has 3 atom stereocenters. The summed E-state index contributed by atoms with van der Waals surface area (Å²) in [5.41, 5.74) is 7.49. The number of hydrogen-bond acceptors (Lipinski definition) is 2. The fraction of sp³-hybridized carbons (Fsp3) is 0.786. The van der Waals surface area contributed by atoms with Crippen molar-refractivity contribution in [2.75, 3.05) is 0 Å². The molecule has 0 aromatic carbocycles. The predicted octanol–water partition coefficient (Wildman–Crippen LogP) is 3.94. The molecule has 0 amide bonds. The van der Waals surface area contributed by atoms with Crippen LogP contribution in [0.3, 0.4) is 0 Å². The van der Waals surface area contributed by atoms with Crippen LogP contribution in [-0.4, -0.2) is 9.78 Å². The molecule has 1 saturated carbocycles. The van der Waals surface area contributed by atoms with Crippen molar-refractivity contribution < 1.29 is 0 Å².